The summed E-state index contributed by atoms with van der Waals surface area (Å²) in [4.78, 5) is 7.66. The van der Waals surface area contributed by atoms with Gasteiger partial charge in [0.2, 0.25) is 0 Å². The van der Waals surface area contributed by atoms with Crippen LogP contribution in [0.25, 0.3) is 0 Å². The minimum absolute atomic E-state index is 0.0380. The molecule has 0 unspecified atom stereocenters. The summed E-state index contributed by atoms with van der Waals surface area (Å²) in [5.74, 6) is 0.0121. The Bertz CT molecular complexity index is 706. The van der Waals surface area contributed by atoms with Gasteiger partial charge >= 0.3 is 6.18 Å². The average molecular weight is 349 g/mol. The first-order valence-corrected chi connectivity index (χ1v) is 9.16. The van der Waals surface area contributed by atoms with Crippen molar-refractivity contribution in [3.05, 3.63) is 17.8 Å². The molecule has 0 radical (unpaired) electrons. The molecule has 0 aliphatic carbocycles. The summed E-state index contributed by atoms with van der Waals surface area (Å²) in [5, 5.41) is 0. The number of piperazine rings is 1. The van der Waals surface area contributed by atoms with Crippen LogP contribution in [0, 0.1) is 0 Å². The summed E-state index contributed by atoms with van der Waals surface area (Å²) in [6, 6.07) is 0.690. The molecule has 2 aliphatic rings. The highest BCUT2D eigenvalue weighted by atomic mass is 32.2. The zero-order valence-corrected chi connectivity index (χ0v) is 13.5. The van der Waals surface area contributed by atoms with Crippen molar-refractivity contribution in [1.82, 2.24) is 9.88 Å². The third kappa shape index (κ3) is 3.03. The third-order valence-corrected chi connectivity index (χ3v) is 6.24. The van der Waals surface area contributed by atoms with Gasteiger partial charge in [-0.3, -0.25) is 4.90 Å². The number of hydrogen-bond donors (Lipinski definition) is 0. The first-order chi connectivity index (χ1) is 10.7. The molecular weight excluding hydrogens is 331 g/mol. The second-order valence-corrected chi connectivity index (χ2v) is 7.97. The van der Waals surface area contributed by atoms with E-state index in [-0.39, 0.29) is 22.5 Å². The first kappa shape index (κ1) is 16.5. The minimum atomic E-state index is -4.61. The molecule has 1 fully saturated rings. The van der Waals surface area contributed by atoms with Gasteiger partial charge in [0.25, 0.3) is 0 Å². The number of aromatic nitrogens is 1. The van der Waals surface area contributed by atoms with Gasteiger partial charge < -0.3 is 4.90 Å². The fraction of sp³-hybridized carbons (Fsp3) is 0.643. The summed E-state index contributed by atoms with van der Waals surface area (Å²) in [7, 11) is -3.77. The summed E-state index contributed by atoms with van der Waals surface area (Å²) in [5.41, 5.74) is -1.02. The summed E-state index contributed by atoms with van der Waals surface area (Å²) in [6.07, 6.45) is -3.48. The zero-order valence-electron chi connectivity index (χ0n) is 12.7. The van der Waals surface area contributed by atoms with E-state index in [4.69, 9.17) is 0 Å². The molecule has 128 valence electrons. The van der Waals surface area contributed by atoms with Crippen LogP contribution in [0.15, 0.2) is 17.2 Å². The Labute approximate surface area is 133 Å². The molecule has 0 N–H and O–H groups in total. The Morgan fingerprint density at radius 3 is 2.74 bits per heavy atom. The maximum atomic E-state index is 12.9. The molecule has 0 amide bonds. The molecule has 0 bridgehead atoms. The van der Waals surface area contributed by atoms with E-state index < -0.39 is 21.6 Å². The molecule has 1 atom stereocenters. The number of likely N-dealkylation sites (N-methyl/N-ethyl adjacent to an activating group) is 1. The first-order valence-electron chi connectivity index (χ1n) is 7.51. The molecule has 3 heterocycles. The lowest BCUT2D eigenvalue weighted by Crippen LogP contribution is -2.53. The lowest BCUT2D eigenvalue weighted by atomic mass is 10.1. The predicted octanol–water partition coefficient (Wildman–Crippen LogP) is 1.79. The highest BCUT2D eigenvalue weighted by molar-refractivity contribution is 7.91. The van der Waals surface area contributed by atoms with Crippen LogP contribution < -0.4 is 4.90 Å². The largest absolute Gasteiger partial charge is 0.417 e. The maximum absolute atomic E-state index is 12.9. The van der Waals surface area contributed by atoms with Crippen LogP contribution in [-0.2, 0) is 16.0 Å². The van der Waals surface area contributed by atoms with Crippen molar-refractivity contribution in [3.8, 4) is 0 Å². The summed E-state index contributed by atoms with van der Waals surface area (Å²) >= 11 is 0. The Morgan fingerprint density at radius 2 is 2.09 bits per heavy atom. The third-order valence-electron chi connectivity index (χ3n) is 4.50. The Morgan fingerprint density at radius 1 is 1.35 bits per heavy atom. The topological polar surface area (TPSA) is 53.5 Å². The van der Waals surface area contributed by atoms with Gasteiger partial charge in [-0.1, -0.05) is 6.92 Å². The van der Waals surface area contributed by atoms with Gasteiger partial charge in [0.15, 0.2) is 9.84 Å². The molecule has 0 saturated carbocycles. The van der Waals surface area contributed by atoms with E-state index in [2.05, 4.69) is 9.88 Å². The second-order valence-electron chi connectivity index (χ2n) is 5.89. The SMILES string of the molecule is CCN1CCN2c3ncc(C(F)(F)F)cc3S(=O)(=O)CC[C@H]2C1. The Balaban J connectivity index is 2.07. The van der Waals surface area contributed by atoms with Crippen molar-refractivity contribution in [2.24, 2.45) is 0 Å². The smallest absolute Gasteiger partial charge is 0.350 e. The molecule has 0 spiro atoms. The molecule has 9 heteroatoms. The second kappa shape index (κ2) is 5.62. The van der Waals surface area contributed by atoms with Crippen LogP contribution in [0.2, 0.25) is 0 Å². The van der Waals surface area contributed by atoms with Gasteiger partial charge in [0.1, 0.15) is 10.7 Å². The normalized spacial score (nSPS) is 24.7. The number of alkyl halides is 3. The number of halogens is 3. The molecule has 1 aromatic heterocycles. The standard InChI is InChI=1S/C14H18F3N3O2S/c1-2-19-4-5-20-11(9-19)3-6-23(21,22)12-7-10(14(15,16)17)8-18-13(12)20/h7-8,11H,2-6,9H2,1H3/t11-/m0/s1. The van der Waals surface area contributed by atoms with Crippen molar-refractivity contribution in [2.45, 2.75) is 30.5 Å². The fourth-order valence-electron chi connectivity index (χ4n) is 3.17. The number of fused-ring (bicyclic) bond motifs is 3. The number of anilines is 1. The van der Waals surface area contributed by atoms with Crippen molar-refractivity contribution in [3.63, 3.8) is 0 Å². The Hall–Kier alpha value is -1.35. The molecular formula is C14H18F3N3O2S. The maximum Gasteiger partial charge on any atom is 0.417 e. The highest BCUT2D eigenvalue weighted by Gasteiger charge is 2.39. The van der Waals surface area contributed by atoms with Crippen LogP contribution in [0.4, 0.5) is 19.0 Å². The van der Waals surface area contributed by atoms with E-state index in [1.807, 2.05) is 11.8 Å². The predicted molar refractivity (Wildman–Crippen MR) is 79.2 cm³/mol. The van der Waals surface area contributed by atoms with E-state index in [0.717, 1.165) is 25.4 Å². The summed E-state index contributed by atoms with van der Waals surface area (Å²) in [6.45, 7) is 4.91. The average Bonchev–Trinajstić information content (AvgIpc) is 2.61. The van der Waals surface area contributed by atoms with Gasteiger partial charge in [-0.2, -0.15) is 13.2 Å². The van der Waals surface area contributed by atoms with Gasteiger partial charge in [-0.25, -0.2) is 13.4 Å². The number of rotatable bonds is 1. The van der Waals surface area contributed by atoms with Crippen molar-refractivity contribution < 1.29 is 21.6 Å². The van der Waals surface area contributed by atoms with Crippen LogP contribution in [0.1, 0.15) is 18.9 Å². The number of hydrogen-bond acceptors (Lipinski definition) is 5. The van der Waals surface area contributed by atoms with E-state index >= 15 is 0 Å². The van der Waals surface area contributed by atoms with Gasteiger partial charge in [-0.15, -0.1) is 0 Å². The van der Waals surface area contributed by atoms with Crippen molar-refractivity contribution in [1.29, 1.82) is 0 Å². The lowest BCUT2D eigenvalue weighted by molar-refractivity contribution is -0.138. The molecule has 2 aliphatic heterocycles. The molecule has 1 saturated heterocycles. The van der Waals surface area contributed by atoms with Crippen LogP contribution >= 0.6 is 0 Å². The van der Waals surface area contributed by atoms with Gasteiger partial charge in [0.05, 0.1) is 11.3 Å². The Kier molecular flexibility index (Phi) is 4.04. The summed E-state index contributed by atoms with van der Waals surface area (Å²) < 4.78 is 63.5. The monoisotopic (exact) mass is 349 g/mol. The zero-order chi connectivity index (χ0) is 16.8. The van der Waals surface area contributed by atoms with E-state index in [0.29, 0.717) is 19.5 Å². The van der Waals surface area contributed by atoms with Crippen LogP contribution in [-0.4, -0.2) is 56.3 Å². The highest BCUT2D eigenvalue weighted by Crippen LogP contribution is 2.37. The van der Waals surface area contributed by atoms with E-state index in [1.165, 1.54) is 0 Å². The molecule has 1 aromatic rings. The van der Waals surface area contributed by atoms with Crippen LogP contribution in [0.5, 0.6) is 0 Å². The van der Waals surface area contributed by atoms with Gasteiger partial charge in [-0.05, 0) is 19.0 Å². The number of nitrogens with zero attached hydrogens (tertiary/aromatic N) is 3. The van der Waals surface area contributed by atoms with Crippen molar-refractivity contribution >= 4 is 15.7 Å². The quantitative estimate of drug-likeness (QED) is 0.774. The van der Waals surface area contributed by atoms with Gasteiger partial charge in [0, 0.05) is 31.9 Å². The lowest BCUT2D eigenvalue weighted by Gasteiger charge is -2.41. The number of sulfone groups is 1. The minimum Gasteiger partial charge on any atom is -0.350 e. The molecule has 5 nitrogen and oxygen atoms in total. The van der Waals surface area contributed by atoms with E-state index in [9.17, 15) is 21.6 Å². The molecule has 3 rings (SSSR count). The molecule has 0 aromatic carbocycles. The number of pyridine rings is 1. The van der Waals surface area contributed by atoms with E-state index in [1.54, 1.807) is 0 Å². The molecule has 23 heavy (non-hydrogen) atoms. The van der Waals surface area contributed by atoms with Crippen molar-refractivity contribution in [2.75, 3.05) is 36.8 Å². The van der Waals surface area contributed by atoms with Crippen LogP contribution in [0.3, 0.4) is 0 Å². The fourth-order valence-corrected chi connectivity index (χ4v) is 4.73.